The minimum absolute atomic E-state index is 0.131. The Kier molecular flexibility index (Phi) is 5.10. The molecule has 1 atom stereocenters. The van der Waals surface area contributed by atoms with E-state index in [1.807, 2.05) is 45.0 Å². The Hall–Kier alpha value is -1.57. The third kappa shape index (κ3) is 4.72. The van der Waals surface area contributed by atoms with Crippen LogP contribution in [0.4, 0.5) is 0 Å². The van der Waals surface area contributed by atoms with Crippen molar-refractivity contribution < 1.29 is 17.3 Å². The van der Waals surface area contributed by atoms with Gasteiger partial charge >= 0.3 is 0 Å². The first-order valence-electron chi connectivity index (χ1n) is 7.09. The Labute approximate surface area is 131 Å². The highest BCUT2D eigenvalue weighted by Gasteiger charge is 2.26. The first kappa shape index (κ1) is 16.8. The van der Waals surface area contributed by atoms with Crippen LogP contribution in [0.15, 0.2) is 35.5 Å². The van der Waals surface area contributed by atoms with Crippen molar-refractivity contribution in [2.45, 2.75) is 39.5 Å². The standard InChI is InChI=1S/C15H22N2O4S/c1-10(2)20-13-7-5-12(6-8-13)9-14-11(3)16-17-15(14)21-22(4,18)19/h5-8,10,15-17H,9H2,1-4H3. The molecule has 1 heterocycles. The predicted octanol–water partition coefficient (Wildman–Crippen LogP) is 1.70. The van der Waals surface area contributed by atoms with Gasteiger partial charge in [0.25, 0.3) is 10.1 Å². The van der Waals surface area contributed by atoms with Gasteiger partial charge in [-0.1, -0.05) is 12.1 Å². The number of benzene rings is 1. The smallest absolute Gasteiger partial charge is 0.266 e. The van der Waals surface area contributed by atoms with Crippen LogP contribution in [0.2, 0.25) is 0 Å². The van der Waals surface area contributed by atoms with Crippen LogP contribution in [0.5, 0.6) is 5.75 Å². The van der Waals surface area contributed by atoms with Crippen molar-refractivity contribution in [1.82, 2.24) is 10.9 Å². The highest BCUT2D eigenvalue weighted by atomic mass is 32.2. The van der Waals surface area contributed by atoms with Gasteiger partial charge in [-0.05, 0) is 44.9 Å². The molecular weight excluding hydrogens is 304 g/mol. The average Bonchev–Trinajstić information content (AvgIpc) is 2.71. The molecule has 0 aliphatic carbocycles. The van der Waals surface area contributed by atoms with E-state index in [0.717, 1.165) is 28.8 Å². The zero-order valence-corrected chi connectivity index (χ0v) is 14.0. The molecule has 0 aromatic heterocycles. The van der Waals surface area contributed by atoms with E-state index in [4.69, 9.17) is 8.92 Å². The van der Waals surface area contributed by atoms with Crippen molar-refractivity contribution in [2.24, 2.45) is 0 Å². The van der Waals surface area contributed by atoms with Gasteiger partial charge in [-0.3, -0.25) is 0 Å². The molecule has 0 fully saturated rings. The molecule has 2 N–H and O–H groups in total. The van der Waals surface area contributed by atoms with Gasteiger partial charge in [-0.2, -0.15) is 8.42 Å². The Bertz CT molecular complexity index is 651. The quantitative estimate of drug-likeness (QED) is 0.775. The topological polar surface area (TPSA) is 76.7 Å². The molecule has 0 saturated carbocycles. The summed E-state index contributed by atoms with van der Waals surface area (Å²) < 4.78 is 33.3. The summed E-state index contributed by atoms with van der Waals surface area (Å²) in [5.41, 5.74) is 8.53. The van der Waals surface area contributed by atoms with Gasteiger partial charge < -0.3 is 10.2 Å². The number of allylic oxidation sites excluding steroid dienone is 1. The molecule has 0 amide bonds. The van der Waals surface area contributed by atoms with E-state index in [-0.39, 0.29) is 6.10 Å². The van der Waals surface area contributed by atoms with E-state index in [9.17, 15) is 8.42 Å². The van der Waals surface area contributed by atoms with E-state index < -0.39 is 16.3 Å². The lowest BCUT2D eigenvalue weighted by Gasteiger charge is -2.14. The zero-order chi connectivity index (χ0) is 16.3. The minimum Gasteiger partial charge on any atom is -0.491 e. The second kappa shape index (κ2) is 6.68. The largest absolute Gasteiger partial charge is 0.491 e. The second-order valence-corrected chi connectivity index (χ2v) is 7.19. The number of ether oxygens (including phenoxy) is 1. The summed E-state index contributed by atoms with van der Waals surface area (Å²) in [6, 6.07) is 7.75. The summed E-state index contributed by atoms with van der Waals surface area (Å²) in [5, 5.41) is 0. The molecule has 1 aromatic carbocycles. The van der Waals surface area contributed by atoms with Gasteiger partial charge in [0.15, 0.2) is 6.23 Å². The molecule has 0 saturated heterocycles. The van der Waals surface area contributed by atoms with Gasteiger partial charge in [0, 0.05) is 11.3 Å². The number of hydrazine groups is 1. The van der Waals surface area contributed by atoms with Crippen LogP contribution in [0, 0.1) is 0 Å². The summed E-state index contributed by atoms with van der Waals surface area (Å²) in [6.07, 6.45) is 1.08. The summed E-state index contributed by atoms with van der Waals surface area (Å²) in [5.74, 6) is 0.816. The van der Waals surface area contributed by atoms with E-state index >= 15 is 0 Å². The van der Waals surface area contributed by atoms with E-state index in [1.165, 1.54) is 0 Å². The molecule has 0 spiro atoms. The highest BCUT2D eigenvalue weighted by molar-refractivity contribution is 7.86. The summed E-state index contributed by atoms with van der Waals surface area (Å²) >= 11 is 0. The fourth-order valence-electron chi connectivity index (χ4n) is 2.20. The van der Waals surface area contributed by atoms with E-state index in [1.54, 1.807) is 0 Å². The summed E-state index contributed by atoms with van der Waals surface area (Å²) in [4.78, 5) is 0. The van der Waals surface area contributed by atoms with Gasteiger partial charge in [0.1, 0.15) is 5.75 Å². The molecule has 0 radical (unpaired) electrons. The average molecular weight is 326 g/mol. The Morgan fingerprint density at radius 2 is 1.86 bits per heavy atom. The second-order valence-electron chi connectivity index (χ2n) is 5.59. The van der Waals surface area contributed by atoms with Crippen LogP contribution in [0.1, 0.15) is 26.3 Å². The summed E-state index contributed by atoms with van der Waals surface area (Å²) in [7, 11) is -3.53. The Morgan fingerprint density at radius 3 is 2.41 bits per heavy atom. The Balaban J connectivity index is 2.09. The molecule has 0 bridgehead atoms. The Morgan fingerprint density at radius 1 is 1.23 bits per heavy atom. The lowest BCUT2D eigenvalue weighted by Crippen LogP contribution is -2.36. The van der Waals surface area contributed by atoms with Crippen molar-refractivity contribution in [3.8, 4) is 5.75 Å². The molecule has 1 aromatic rings. The fourth-order valence-corrected chi connectivity index (χ4v) is 2.71. The molecule has 7 heteroatoms. The predicted molar refractivity (Wildman–Crippen MR) is 84.6 cm³/mol. The summed E-state index contributed by atoms with van der Waals surface area (Å²) in [6.45, 7) is 5.83. The monoisotopic (exact) mass is 326 g/mol. The van der Waals surface area contributed by atoms with Crippen molar-refractivity contribution in [3.63, 3.8) is 0 Å². The molecule has 122 valence electrons. The SMILES string of the molecule is CC1=C(Cc2ccc(OC(C)C)cc2)C(OS(C)(=O)=O)NN1. The van der Waals surface area contributed by atoms with Crippen LogP contribution in [-0.4, -0.2) is 27.0 Å². The van der Waals surface area contributed by atoms with Gasteiger partial charge in [0.05, 0.1) is 12.4 Å². The molecule has 1 aliphatic rings. The van der Waals surface area contributed by atoms with Crippen LogP contribution in [0.25, 0.3) is 0 Å². The lowest BCUT2D eigenvalue weighted by molar-refractivity contribution is 0.208. The molecule has 1 aliphatic heterocycles. The third-order valence-corrected chi connectivity index (χ3v) is 3.69. The maximum absolute atomic E-state index is 11.3. The first-order chi connectivity index (χ1) is 10.2. The lowest BCUT2D eigenvalue weighted by atomic mass is 10.0. The number of nitrogens with one attached hydrogen (secondary N) is 2. The van der Waals surface area contributed by atoms with Crippen molar-refractivity contribution in [3.05, 3.63) is 41.1 Å². The fraction of sp³-hybridized carbons (Fsp3) is 0.467. The van der Waals surface area contributed by atoms with Gasteiger partial charge in [-0.15, -0.1) is 0 Å². The molecule has 6 nitrogen and oxygen atoms in total. The normalized spacial score (nSPS) is 18.7. The van der Waals surface area contributed by atoms with E-state index in [2.05, 4.69) is 10.9 Å². The number of hydrogen-bond donors (Lipinski definition) is 2. The van der Waals surface area contributed by atoms with Crippen LogP contribution in [0.3, 0.4) is 0 Å². The van der Waals surface area contributed by atoms with Crippen molar-refractivity contribution in [1.29, 1.82) is 0 Å². The molecular formula is C15H22N2O4S. The molecule has 2 rings (SSSR count). The van der Waals surface area contributed by atoms with E-state index in [0.29, 0.717) is 6.42 Å². The van der Waals surface area contributed by atoms with Crippen LogP contribution >= 0.6 is 0 Å². The van der Waals surface area contributed by atoms with Gasteiger partial charge in [0.2, 0.25) is 0 Å². The van der Waals surface area contributed by atoms with Crippen molar-refractivity contribution in [2.75, 3.05) is 6.26 Å². The van der Waals surface area contributed by atoms with Crippen LogP contribution in [-0.2, 0) is 20.7 Å². The molecule has 22 heavy (non-hydrogen) atoms. The molecule has 1 unspecified atom stereocenters. The van der Waals surface area contributed by atoms with Crippen LogP contribution < -0.4 is 15.6 Å². The first-order valence-corrected chi connectivity index (χ1v) is 8.91. The zero-order valence-electron chi connectivity index (χ0n) is 13.2. The third-order valence-electron chi connectivity index (χ3n) is 3.15. The number of rotatable bonds is 6. The maximum atomic E-state index is 11.3. The minimum atomic E-state index is -3.53. The van der Waals surface area contributed by atoms with Gasteiger partial charge in [-0.25, -0.2) is 9.61 Å². The number of hydrogen-bond acceptors (Lipinski definition) is 6. The highest BCUT2D eigenvalue weighted by Crippen LogP contribution is 2.22. The maximum Gasteiger partial charge on any atom is 0.266 e. The van der Waals surface area contributed by atoms with Crippen molar-refractivity contribution >= 4 is 10.1 Å².